The van der Waals surface area contributed by atoms with Crippen LogP contribution in [0.1, 0.15) is 42.5 Å². The Morgan fingerprint density at radius 3 is 2.61 bits per heavy atom. The van der Waals surface area contributed by atoms with Gasteiger partial charge >= 0.3 is 0 Å². The van der Waals surface area contributed by atoms with Gasteiger partial charge in [0.25, 0.3) is 5.56 Å². The summed E-state index contributed by atoms with van der Waals surface area (Å²) in [5.74, 6) is 0.395. The molecule has 0 bridgehead atoms. The lowest BCUT2D eigenvalue weighted by Gasteiger charge is -2.15. The number of carbonyl (C=O) groups excluding carboxylic acids is 2. The first-order chi connectivity index (χ1) is 16.1. The van der Waals surface area contributed by atoms with E-state index in [9.17, 15) is 14.4 Å². The maximum absolute atomic E-state index is 13.8. The van der Waals surface area contributed by atoms with Crippen LogP contribution >= 0.6 is 23.1 Å². The number of hydrogen-bond donors (Lipinski definition) is 0. The van der Waals surface area contributed by atoms with E-state index in [0.29, 0.717) is 41.4 Å². The molecule has 33 heavy (non-hydrogen) atoms. The van der Waals surface area contributed by atoms with Crippen molar-refractivity contribution in [1.82, 2.24) is 14.5 Å². The molecular formula is C24H25N3O4S2. The molecule has 7 nitrogen and oxygen atoms in total. The van der Waals surface area contributed by atoms with E-state index in [-0.39, 0.29) is 23.1 Å². The van der Waals surface area contributed by atoms with Crippen molar-refractivity contribution in [3.63, 3.8) is 0 Å². The lowest BCUT2D eigenvalue weighted by molar-refractivity contribution is -0.140. The van der Waals surface area contributed by atoms with E-state index >= 15 is 0 Å². The zero-order chi connectivity index (χ0) is 22.9. The molecule has 3 heterocycles. The van der Waals surface area contributed by atoms with Crippen LogP contribution in [0.5, 0.6) is 5.75 Å². The lowest BCUT2D eigenvalue weighted by Crippen LogP contribution is -2.33. The maximum atomic E-state index is 13.8. The van der Waals surface area contributed by atoms with Crippen LogP contribution in [0.3, 0.4) is 0 Å². The van der Waals surface area contributed by atoms with E-state index in [1.165, 1.54) is 28.0 Å². The normalized spacial score (nSPS) is 16.2. The number of likely N-dealkylation sites (tertiary alicyclic amines) is 1. The minimum absolute atomic E-state index is 0.0604. The second-order valence-corrected chi connectivity index (χ2v) is 10.3. The summed E-state index contributed by atoms with van der Waals surface area (Å²) >= 11 is 2.82. The minimum Gasteiger partial charge on any atom is -0.497 e. The number of aromatic nitrogens is 2. The second kappa shape index (κ2) is 9.30. The summed E-state index contributed by atoms with van der Waals surface area (Å²) in [7, 11) is 1.60. The first-order valence-corrected chi connectivity index (χ1v) is 13.0. The third-order valence-corrected chi connectivity index (χ3v) is 8.35. The van der Waals surface area contributed by atoms with Crippen LogP contribution in [0.2, 0.25) is 0 Å². The van der Waals surface area contributed by atoms with E-state index in [1.54, 1.807) is 23.0 Å². The van der Waals surface area contributed by atoms with Crippen molar-refractivity contribution in [2.75, 3.05) is 19.4 Å². The molecule has 2 aliphatic rings. The van der Waals surface area contributed by atoms with Gasteiger partial charge in [-0.2, -0.15) is 0 Å². The summed E-state index contributed by atoms with van der Waals surface area (Å²) in [6.07, 6.45) is 6.39. The number of hydrogen-bond acceptors (Lipinski definition) is 7. The van der Waals surface area contributed by atoms with Crippen molar-refractivity contribution >= 4 is 45.1 Å². The van der Waals surface area contributed by atoms with Crippen molar-refractivity contribution in [3.05, 3.63) is 45.1 Å². The molecule has 9 heteroatoms. The van der Waals surface area contributed by atoms with Gasteiger partial charge in [-0.3, -0.25) is 23.9 Å². The van der Waals surface area contributed by atoms with Crippen LogP contribution in [0.25, 0.3) is 15.9 Å². The summed E-state index contributed by atoms with van der Waals surface area (Å²) in [6, 6.07) is 7.27. The van der Waals surface area contributed by atoms with E-state index in [2.05, 4.69) is 0 Å². The molecule has 1 aromatic carbocycles. The number of ether oxygens (including phenoxy) is 1. The van der Waals surface area contributed by atoms with Crippen molar-refractivity contribution in [2.24, 2.45) is 0 Å². The summed E-state index contributed by atoms with van der Waals surface area (Å²) < 4.78 is 6.87. The van der Waals surface area contributed by atoms with E-state index in [4.69, 9.17) is 9.72 Å². The largest absolute Gasteiger partial charge is 0.497 e. The van der Waals surface area contributed by atoms with Gasteiger partial charge in [0.05, 0.1) is 23.9 Å². The first-order valence-electron chi connectivity index (χ1n) is 11.2. The molecule has 0 saturated carbocycles. The number of amides is 2. The molecule has 3 aromatic rings. The monoisotopic (exact) mass is 483 g/mol. The predicted molar refractivity (Wildman–Crippen MR) is 130 cm³/mol. The number of nitrogens with zero attached hydrogens (tertiary/aromatic N) is 3. The second-order valence-electron chi connectivity index (χ2n) is 8.31. The SMILES string of the molecule is COc1ccc(-n2c(SCC(=O)N3CCCC3=O)nc3sc4c(c3c2=O)CCCCC4)cc1. The first kappa shape index (κ1) is 22.2. The quantitative estimate of drug-likeness (QED) is 0.310. The highest BCUT2D eigenvalue weighted by Crippen LogP contribution is 2.35. The van der Waals surface area contributed by atoms with Crippen LogP contribution < -0.4 is 10.3 Å². The minimum atomic E-state index is -0.236. The van der Waals surface area contributed by atoms with Gasteiger partial charge in [-0.15, -0.1) is 11.3 Å². The maximum Gasteiger partial charge on any atom is 0.267 e. The Kier molecular flexibility index (Phi) is 6.25. The third kappa shape index (κ3) is 4.19. The van der Waals surface area contributed by atoms with Crippen molar-refractivity contribution in [3.8, 4) is 11.4 Å². The Labute approximate surface area is 199 Å². The van der Waals surface area contributed by atoms with E-state index < -0.39 is 0 Å². The van der Waals surface area contributed by atoms with Gasteiger partial charge in [0.15, 0.2) is 5.16 Å². The van der Waals surface area contributed by atoms with Gasteiger partial charge in [-0.1, -0.05) is 18.2 Å². The molecule has 0 spiro atoms. The fourth-order valence-corrected chi connectivity index (χ4v) is 6.73. The number of thiophene rings is 1. The highest BCUT2D eigenvalue weighted by molar-refractivity contribution is 7.99. The molecule has 0 radical (unpaired) electrons. The number of benzene rings is 1. The molecular weight excluding hydrogens is 458 g/mol. The summed E-state index contributed by atoms with van der Waals surface area (Å²) in [5, 5.41) is 1.17. The van der Waals surface area contributed by atoms with Gasteiger partial charge in [0.1, 0.15) is 10.6 Å². The Hall–Kier alpha value is -2.65. The Balaban J connectivity index is 1.59. The van der Waals surface area contributed by atoms with Crippen LogP contribution in [0, 0.1) is 0 Å². The molecule has 1 saturated heterocycles. The fraction of sp³-hybridized carbons (Fsp3) is 0.417. The summed E-state index contributed by atoms with van der Waals surface area (Å²) in [5.41, 5.74) is 1.72. The average molecular weight is 484 g/mol. The number of thioether (sulfide) groups is 1. The predicted octanol–water partition coefficient (Wildman–Crippen LogP) is 3.97. The highest BCUT2D eigenvalue weighted by atomic mass is 32.2. The van der Waals surface area contributed by atoms with Gasteiger partial charge < -0.3 is 4.74 Å². The van der Waals surface area contributed by atoms with E-state index in [1.807, 2.05) is 24.3 Å². The van der Waals surface area contributed by atoms with Crippen LogP contribution in [0.15, 0.2) is 34.2 Å². The molecule has 172 valence electrons. The van der Waals surface area contributed by atoms with Crippen LogP contribution in [0.4, 0.5) is 0 Å². The molecule has 1 fully saturated rings. The zero-order valence-electron chi connectivity index (χ0n) is 18.5. The Morgan fingerprint density at radius 1 is 1.09 bits per heavy atom. The van der Waals surface area contributed by atoms with Gasteiger partial charge in [-0.05, 0) is 61.9 Å². The number of aryl methyl sites for hydroxylation is 2. The number of rotatable bonds is 5. The fourth-order valence-electron chi connectivity index (χ4n) is 4.53. The molecule has 5 rings (SSSR count). The molecule has 1 aliphatic carbocycles. The van der Waals surface area contributed by atoms with Crippen LogP contribution in [-0.4, -0.2) is 45.7 Å². The zero-order valence-corrected chi connectivity index (χ0v) is 20.1. The molecule has 0 N–H and O–H groups in total. The average Bonchev–Trinajstić information content (AvgIpc) is 3.33. The summed E-state index contributed by atoms with van der Waals surface area (Å²) in [6.45, 7) is 0.466. The van der Waals surface area contributed by atoms with Crippen molar-refractivity contribution < 1.29 is 14.3 Å². The molecule has 2 amide bonds. The molecule has 2 aromatic heterocycles. The van der Waals surface area contributed by atoms with E-state index in [0.717, 1.165) is 36.1 Å². The molecule has 0 atom stereocenters. The molecule has 1 aliphatic heterocycles. The number of imide groups is 1. The number of methoxy groups -OCH3 is 1. The number of carbonyl (C=O) groups is 2. The Bertz CT molecular complexity index is 1280. The Morgan fingerprint density at radius 2 is 1.88 bits per heavy atom. The summed E-state index contributed by atoms with van der Waals surface area (Å²) in [4.78, 5) is 46.6. The van der Waals surface area contributed by atoms with Crippen molar-refractivity contribution in [1.29, 1.82) is 0 Å². The van der Waals surface area contributed by atoms with Crippen LogP contribution in [-0.2, 0) is 22.4 Å². The van der Waals surface area contributed by atoms with Gasteiger partial charge in [0.2, 0.25) is 11.8 Å². The third-order valence-electron chi connectivity index (χ3n) is 6.24. The van der Waals surface area contributed by atoms with Crippen molar-refractivity contribution in [2.45, 2.75) is 50.1 Å². The number of fused-ring (bicyclic) bond motifs is 3. The van der Waals surface area contributed by atoms with Gasteiger partial charge in [0, 0.05) is 17.8 Å². The smallest absolute Gasteiger partial charge is 0.267 e. The molecule has 0 unspecified atom stereocenters. The van der Waals surface area contributed by atoms with Gasteiger partial charge in [-0.25, -0.2) is 4.98 Å². The topological polar surface area (TPSA) is 81.5 Å². The lowest BCUT2D eigenvalue weighted by atomic mass is 10.1. The standard InChI is InChI=1S/C24H25N3O4S2/c1-31-16-11-9-15(10-12-16)27-23(30)21-17-6-3-2-4-7-18(17)33-22(21)25-24(27)32-14-20(29)26-13-5-8-19(26)28/h9-12H,2-8,13-14H2,1H3. The highest BCUT2D eigenvalue weighted by Gasteiger charge is 2.27.